The van der Waals surface area contributed by atoms with Crippen LogP contribution in [0.3, 0.4) is 0 Å². The maximum absolute atomic E-state index is 14.0. The lowest BCUT2D eigenvalue weighted by molar-refractivity contribution is -0.384. The minimum absolute atomic E-state index is 0.0419. The van der Waals surface area contributed by atoms with Gasteiger partial charge >= 0.3 is 5.69 Å². The summed E-state index contributed by atoms with van der Waals surface area (Å²) in [5, 5.41) is 26.2. The number of nitrogens with one attached hydrogen (secondary N) is 3. The number of hydrogen-bond donors (Lipinski definition) is 4. The van der Waals surface area contributed by atoms with E-state index < -0.39 is 37.0 Å². The van der Waals surface area contributed by atoms with Crippen LogP contribution in [-0.4, -0.2) is 107 Å². The average Bonchev–Trinajstić information content (AvgIpc) is 3.76. The molecule has 4 aliphatic rings. The predicted molar refractivity (Wildman–Crippen MR) is 254 cm³/mol. The van der Waals surface area contributed by atoms with Crippen molar-refractivity contribution >= 4 is 44.2 Å². The predicted octanol–water partition coefficient (Wildman–Crippen LogP) is 7.99. The first-order valence-electron chi connectivity index (χ1n) is 23.3. The highest BCUT2D eigenvalue weighted by Gasteiger charge is 2.50. The van der Waals surface area contributed by atoms with Crippen LogP contribution >= 0.6 is 0 Å². The number of nitrogens with zero attached hydrogens (tertiary/aromatic N) is 6. The topological polar surface area (TPSA) is 199 Å². The standard InChI is InChI=1S/C49H61N9O7S/c1-32(2)39-7-5-6-8-40(39)43-31-55(4)21-22-57(43)36-26-49(27-36)16-19-56(20-17-49)35-9-10-41(44(24-35)65-37-23-34-13-18-50-45(34)52-29-37)47(59)54-66(63,64)38-25-42(58(61)62)46(53-30-38)51-28-33-11-14-48(3,60)15-12-33/h5-10,13,18,23-25,29-30,32-33,36,43,60H,11-12,14-17,19-22,26-28,31H2,1-4H3,(H,50,52)(H,51,53)(H,54,59)/t33?,43-,48?/m0/s1. The molecular weight excluding hydrogens is 859 g/mol. The van der Waals surface area contributed by atoms with Gasteiger partial charge in [0.2, 0.25) is 5.82 Å². The van der Waals surface area contributed by atoms with Gasteiger partial charge in [0.25, 0.3) is 15.9 Å². The van der Waals surface area contributed by atoms with E-state index in [1.165, 1.54) is 30.2 Å². The van der Waals surface area contributed by atoms with Crippen LogP contribution in [0.5, 0.6) is 11.5 Å². The molecule has 0 unspecified atom stereocenters. The molecule has 4 N–H and O–H groups in total. The summed E-state index contributed by atoms with van der Waals surface area (Å²) in [5.41, 5.74) is 3.37. The molecule has 9 rings (SSSR count). The number of hydrogen-bond acceptors (Lipinski definition) is 13. The van der Waals surface area contributed by atoms with Gasteiger partial charge in [-0.25, -0.2) is 23.1 Å². The highest BCUT2D eigenvalue weighted by atomic mass is 32.2. The number of piperidine rings is 1. The second-order valence-corrected chi connectivity index (χ2v) is 21.5. The van der Waals surface area contributed by atoms with Crippen LogP contribution in [-0.2, 0) is 10.0 Å². The summed E-state index contributed by atoms with van der Waals surface area (Å²) in [6, 6.07) is 19.5. The van der Waals surface area contributed by atoms with Gasteiger partial charge < -0.3 is 29.9 Å². The molecule has 2 saturated carbocycles. The Morgan fingerprint density at radius 2 is 1.76 bits per heavy atom. The number of piperazine rings is 1. The summed E-state index contributed by atoms with van der Waals surface area (Å²) in [6.07, 6.45) is 11.4. The van der Waals surface area contributed by atoms with Crippen LogP contribution in [0.1, 0.15) is 106 Å². The second-order valence-electron chi connectivity index (χ2n) is 19.8. The van der Waals surface area contributed by atoms with Gasteiger partial charge in [-0.15, -0.1) is 0 Å². The van der Waals surface area contributed by atoms with E-state index in [2.05, 4.69) is 84.9 Å². The number of aliphatic hydroxyl groups is 1. The number of nitro groups is 1. The van der Waals surface area contributed by atoms with Crippen molar-refractivity contribution in [3.63, 3.8) is 0 Å². The smallest absolute Gasteiger partial charge is 0.312 e. The zero-order valence-corrected chi connectivity index (χ0v) is 39.0. The Morgan fingerprint density at radius 1 is 1.00 bits per heavy atom. The SMILES string of the molecule is CC(C)c1ccccc1[C@@H]1CN(C)CCN1C1CC2(CCN(c3ccc(C(=O)NS(=O)(=O)c4cnc(NCC5CCC(C)(O)CC5)c([N+](=O)[O-])c4)c(Oc4cnc5[nH]ccc5c4)c3)CC2)C1. The summed E-state index contributed by atoms with van der Waals surface area (Å²) in [6.45, 7) is 11.5. The number of carbonyl (C=O) groups excluding carboxylic acids is 1. The fourth-order valence-corrected chi connectivity index (χ4v) is 11.7. The van der Waals surface area contributed by atoms with Gasteiger partial charge in [0.05, 0.1) is 28.5 Å². The van der Waals surface area contributed by atoms with Gasteiger partial charge in [0.1, 0.15) is 22.0 Å². The largest absolute Gasteiger partial charge is 0.455 e. The van der Waals surface area contributed by atoms with Gasteiger partial charge in [0.15, 0.2) is 0 Å². The Labute approximate surface area is 386 Å². The third kappa shape index (κ3) is 9.62. The van der Waals surface area contributed by atoms with Crippen LogP contribution in [0.2, 0.25) is 0 Å². The molecule has 0 bridgehead atoms. The molecule has 66 heavy (non-hydrogen) atoms. The van der Waals surface area contributed by atoms with E-state index in [1.54, 1.807) is 31.3 Å². The summed E-state index contributed by atoms with van der Waals surface area (Å²) < 4.78 is 35.9. The molecule has 1 amide bonds. The highest BCUT2D eigenvalue weighted by molar-refractivity contribution is 7.90. The molecule has 3 aromatic heterocycles. The van der Waals surface area contributed by atoms with Gasteiger partial charge in [-0.2, -0.15) is 0 Å². The summed E-state index contributed by atoms with van der Waals surface area (Å²) in [5.74, 6) is 0.0729. The minimum Gasteiger partial charge on any atom is -0.455 e. The molecule has 2 saturated heterocycles. The molecule has 2 aliphatic heterocycles. The van der Waals surface area contributed by atoms with E-state index in [9.17, 15) is 28.4 Å². The number of aromatic nitrogens is 3. The molecule has 1 spiro atoms. The van der Waals surface area contributed by atoms with E-state index >= 15 is 0 Å². The van der Waals surface area contributed by atoms with Crippen molar-refractivity contribution in [2.45, 2.75) is 101 Å². The Bertz CT molecular complexity index is 2700. The maximum atomic E-state index is 14.0. The van der Waals surface area contributed by atoms with Gasteiger partial charge in [0, 0.05) is 80.8 Å². The minimum atomic E-state index is -4.63. The van der Waals surface area contributed by atoms with Crippen LogP contribution < -0.4 is 19.7 Å². The Kier molecular flexibility index (Phi) is 12.6. The fourth-order valence-electron chi connectivity index (χ4n) is 10.7. The molecule has 5 aromatic rings. The van der Waals surface area contributed by atoms with Crippen molar-refractivity contribution in [3.8, 4) is 11.5 Å². The molecule has 2 aromatic carbocycles. The highest BCUT2D eigenvalue weighted by Crippen LogP contribution is 2.53. The first-order valence-corrected chi connectivity index (χ1v) is 24.7. The number of amides is 1. The van der Waals surface area contributed by atoms with Crippen molar-refractivity contribution in [1.82, 2.24) is 29.5 Å². The van der Waals surface area contributed by atoms with E-state index in [4.69, 9.17) is 4.74 Å². The number of likely N-dealkylation sites (N-methyl/N-ethyl adjacent to an activating group) is 1. The van der Waals surface area contributed by atoms with Crippen molar-refractivity contribution in [3.05, 3.63) is 106 Å². The number of aromatic amines is 1. The molecule has 16 nitrogen and oxygen atoms in total. The Hall–Kier alpha value is -5.62. The van der Waals surface area contributed by atoms with E-state index in [0.717, 1.165) is 81.7 Å². The molecular formula is C49H61N9O7S. The first kappa shape index (κ1) is 45.5. The molecule has 0 radical (unpaired) electrons. The van der Waals surface area contributed by atoms with Gasteiger partial charge in [-0.1, -0.05) is 38.1 Å². The third-order valence-electron chi connectivity index (χ3n) is 14.7. The van der Waals surface area contributed by atoms with Crippen LogP contribution in [0, 0.1) is 21.4 Å². The zero-order valence-electron chi connectivity index (χ0n) is 38.2. The van der Waals surface area contributed by atoms with Gasteiger partial charge in [-0.05, 0) is 118 Å². The van der Waals surface area contributed by atoms with Gasteiger partial charge in [-0.3, -0.25) is 19.8 Å². The molecule has 1 atom stereocenters. The van der Waals surface area contributed by atoms with Crippen molar-refractivity contribution in [2.75, 3.05) is 56.5 Å². The molecule has 5 heterocycles. The zero-order chi connectivity index (χ0) is 46.4. The van der Waals surface area contributed by atoms with E-state index in [0.29, 0.717) is 48.8 Å². The number of H-pyrrole nitrogens is 1. The maximum Gasteiger partial charge on any atom is 0.312 e. The summed E-state index contributed by atoms with van der Waals surface area (Å²) in [7, 11) is -2.40. The van der Waals surface area contributed by atoms with Crippen LogP contribution in [0.25, 0.3) is 11.0 Å². The normalized spacial score (nSPS) is 22.9. The Balaban J connectivity index is 0.899. The molecule has 4 fully saturated rings. The average molecular weight is 920 g/mol. The number of rotatable bonds is 13. The number of ether oxygens (including phenoxy) is 1. The number of benzene rings is 2. The number of sulfonamides is 1. The first-order chi connectivity index (χ1) is 31.6. The summed E-state index contributed by atoms with van der Waals surface area (Å²) >= 11 is 0. The monoisotopic (exact) mass is 919 g/mol. The lowest BCUT2D eigenvalue weighted by Crippen LogP contribution is -2.59. The molecule has 2 aliphatic carbocycles. The van der Waals surface area contributed by atoms with Crippen LogP contribution in [0.15, 0.2) is 84.1 Å². The number of carbonyl (C=O) groups is 1. The van der Waals surface area contributed by atoms with Crippen molar-refractivity contribution in [2.24, 2.45) is 11.3 Å². The number of anilines is 2. The quantitative estimate of drug-likeness (QED) is 0.0655. The summed E-state index contributed by atoms with van der Waals surface area (Å²) in [4.78, 5) is 44.0. The lowest BCUT2D eigenvalue weighted by atomic mass is 9.59. The van der Waals surface area contributed by atoms with E-state index in [1.807, 2.05) is 12.1 Å². The second kappa shape index (κ2) is 18.2. The Morgan fingerprint density at radius 3 is 2.50 bits per heavy atom. The van der Waals surface area contributed by atoms with Crippen molar-refractivity contribution in [1.29, 1.82) is 0 Å². The number of pyridine rings is 2. The lowest BCUT2D eigenvalue weighted by Gasteiger charge is -2.58. The van der Waals surface area contributed by atoms with Crippen molar-refractivity contribution < 1.29 is 28.0 Å². The van der Waals surface area contributed by atoms with Crippen LogP contribution in [0.4, 0.5) is 17.2 Å². The fraction of sp³-hybridized carbons (Fsp3) is 0.490. The molecule has 350 valence electrons. The molecule has 17 heteroatoms. The van der Waals surface area contributed by atoms with E-state index in [-0.39, 0.29) is 28.5 Å². The number of fused-ring (bicyclic) bond motifs is 1. The third-order valence-corrected chi connectivity index (χ3v) is 16.0.